The summed E-state index contributed by atoms with van der Waals surface area (Å²) in [6, 6.07) is 8.20. The van der Waals surface area contributed by atoms with E-state index in [1.165, 1.54) is 12.3 Å². The van der Waals surface area contributed by atoms with Gasteiger partial charge in [0, 0.05) is 18.1 Å². The van der Waals surface area contributed by atoms with Gasteiger partial charge in [-0.1, -0.05) is 49.2 Å². The normalized spacial score (nSPS) is 12.2. The highest BCUT2D eigenvalue weighted by Gasteiger charge is 2.37. The van der Waals surface area contributed by atoms with E-state index in [9.17, 15) is 14.4 Å². The van der Waals surface area contributed by atoms with E-state index < -0.39 is 25.5 Å². The number of hydrogen-bond acceptors (Lipinski definition) is 4. The molecule has 0 aliphatic carbocycles. The van der Waals surface area contributed by atoms with Gasteiger partial charge in [-0.15, -0.1) is 0 Å². The molecule has 0 fully saturated rings. The highest BCUT2D eigenvalue weighted by atomic mass is 35.5. The van der Waals surface area contributed by atoms with Gasteiger partial charge >= 0.3 is 5.97 Å². The first-order chi connectivity index (χ1) is 16.8. The molecule has 0 amide bonds. The summed E-state index contributed by atoms with van der Waals surface area (Å²) in [7, 11) is -2.42. The molecule has 0 saturated heterocycles. The van der Waals surface area contributed by atoms with E-state index >= 15 is 4.39 Å². The molecule has 1 aromatic heterocycles. The van der Waals surface area contributed by atoms with Crippen LogP contribution in [0.15, 0.2) is 41.3 Å². The van der Waals surface area contributed by atoms with Crippen LogP contribution in [0.1, 0.15) is 55.1 Å². The maximum atomic E-state index is 15.5. The van der Waals surface area contributed by atoms with Crippen LogP contribution in [0.3, 0.4) is 0 Å². The molecule has 194 valence electrons. The van der Waals surface area contributed by atoms with Gasteiger partial charge < -0.3 is 14.1 Å². The number of ether oxygens (including phenoxy) is 1. The molecule has 0 aliphatic heterocycles. The van der Waals surface area contributed by atoms with Crippen LogP contribution in [0.4, 0.5) is 4.39 Å². The molecule has 9 heteroatoms. The molecule has 0 saturated carbocycles. The molecule has 0 radical (unpaired) electrons. The predicted molar refractivity (Wildman–Crippen MR) is 146 cm³/mol. The highest BCUT2D eigenvalue weighted by molar-refractivity contribution is 6.72. The quantitative estimate of drug-likeness (QED) is 0.230. The van der Waals surface area contributed by atoms with E-state index in [-0.39, 0.29) is 34.5 Å². The summed E-state index contributed by atoms with van der Waals surface area (Å²) < 4.78 is 22.2. The molecule has 0 unspecified atom stereocenters. The van der Waals surface area contributed by atoms with Crippen LogP contribution >= 0.6 is 23.2 Å². The third-order valence-electron chi connectivity index (χ3n) is 6.96. The number of pyridine rings is 1. The van der Waals surface area contributed by atoms with Crippen molar-refractivity contribution in [2.24, 2.45) is 0 Å². The topological polar surface area (TPSA) is 68.5 Å². The van der Waals surface area contributed by atoms with E-state index in [4.69, 9.17) is 27.9 Å². The molecular weight excluding hydrogens is 520 g/mol. The summed E-state index contributed by atoms with van der Waals surface area (Å²) in [6.45, 7) is 9.99. The zero-order chi connectivity index (χ0) is 26.8. The van der Waals surface area contributed by atoms with E-state index in [0.29, 0.717) is 40.6 Å². The number of fused-ring (bicyclic) bond motifs is 1. The Kier molecular flexibility index (Phi) is 8.71. The standard InChI is InChI=1S/C27H32Cl2FNO4Si/c1-6-35-26(33)20-16-31(12-8-11-27(2,3)36(4,5)34)24-19(25(20)32)14-17(15-22(24)30)13-18-9-7-10-21(28)23(18)29/h7,9-10,14-16,34H,6,8,11-13H2,1-5H3. The number of benzene rings is 2. The van der Waals surface area contributed by atoms with Gasteiger partial charge in [-0.2, -0.15) is 0 Å². The molecule has 5 nitrogen and oxygen atoms in total. The lowest BCUT2D eigenvalue weighted by molar-refractivity contribution is 0.0524. The number of rotatable bonds is 9. The first-order valence-electron chi connectivity index (χ1n) is 11.9. The van der Waals surface area contributed by atoms with Crippen molar-refractivity contribution < 1.29 is 18.7 Å². The average molecular weight is 553 g/mol. The Hall–Kier alpha value is -2.19. The second kappa shape index (κ2) is 11.0. The molecule has 36 heavy (non-hydrogen) atoms. The van der Waals surface area contributed by atoms with Crippen LogP contribution in [0, 0.1) is 5.82 Å². The largest absolute Gasteiger partial charge is 0.462 e. The van der Waals surface area contributed by atoms with Crippen LogP contribution in [0.5, 0.6) is 0 Å². The van der Waals surface area contributed by atoms with Crippen LogP contribution in [0.2, 0.25) is 28.2 Å². The predicted octanol–water partition coefficient (Wildman–Crippen LogP) is 6.97. The fourth-order valence-corrected chi connectivity index (χ4v) is 5.25. The molecule has 0 bridgehead atoms. The summed E-state index contributed by atoms with van der Waals surface area (Å²) in [6.07, 6.45) is 2.98. The van der Waals surface area contributed by atoms with E-state index in [1.807, 2.05) is 26.9 Å². The van der Waals surface area contributed by atoms with Crippen LogP contribution in [-0.2, 0) is 17.7 Å². The number of hydrogen-bond donors (Lipinski definition) is 1. The van der Waals surface area contributed by atoms with Crippen molar-refractivity contribution in [1.29, 1.82) is 0 Å². The number of nitrogens with zero attached hydrogens (tertiary/aromatic N) is 1. The molecule has 0 spiro atoms. The van der Waals surface area contributed by atoms with Crippen molar-refractivity contribution in [3.8, 4) is 0 Å². The smallest absolute Gasteiger partial charge is 0.343 e. The number of esters is 1. The molecule has 1 N–H and O–H groups in total. The minimum atomic E-state index is -2.42. The SMILES string of the molecule is CCOC(=O)c1cn(CCCC(C)(C)[Si](C)(C)O)c2c(F)cc(Cc3cccc(Cl)c3Cl)cc2c1=O. The van der Waals surface area contributed by atoms with E-state index in [0.717, 1.165) is 0 Å². The third-order valence-corrected chi connectivity index (χ3v) is 11.4. The van der Waals surface area contributed by atoms with Gasteiger partial charge in [0.2, 0.25) is 5.43 Å². The van der Waals surface area contributed by atoms with Crippen molar-refractivity contribution >= 4 is 48.4 Å². The van der Waals surface area contributed by atoms with Crippen LogP contribution < -0.4 is 5.43 Å². The van der Waals surface area contributed by atoms with Gasteiger partial charge in [0.1, 0.15) is 11.4 Å². The minimum Gasteiger partial charge on any atom is -0.462 e. The van der Waals surface area contributed by atoms with E-state index in [1.54, 1.807) is 35.8 Å². The molecule has 0 aliphatic rings. The van der Waals surface area contributed by atoms with Crippen LogP contribution in [-0.4, -0.2) is 30.3 Å². The maximum Gasteiger partial charge on any atom is 0.343 e. The molecule has 0 atom stereocenters. The summed E-state index contributed by atoms with van der Waals surface area (Å²) >= 11 is 12.4. The fraction of sp³-hybridized carbons (Fsp3) is 0.407. The van der Waals surface area contributed by atoms with Crippen molar-refractivity contribution in [1.82, 2.24) is 4.57 Å². The Bertz CT molecular complexity index is 1350. The lowest BCUT2D eigenvalue weighted by Gasteiger charge is -2.35. The summed E-state index contributed by atoms with van der Waals surface area (Å²) in [5, 5.41) is 0.605. The Morgan fingerprint density at radius 2 is 1.92 bits per heavy atom. The molecular formula is C27H32Cl2FNO4Si. The molecule has 3 aromatic rings. The van der Waals surface area contributed by atoms with Crippen molar-refractivity contribution in [3.63, 3.8) is 0 Å². The third kappa shape index (κ3) is 6.02. The van der Waals surface area contributed by atoms with Gasteiger partial charge in [0.05, 0.1) is 22.2 Å². The average Bonchev–Trinajstić information content (AvgIpc) is 2.77. The Labute approximate surface area is 221 Å². The Balaban J connectivity index is 2.09. The zero-order valence-electron chi connectivity index (χ0n) is 21.3. The van der Waals surface area contributed by atoms with Crippen molar-refractivity contribution in [2.75, 3.05) is 6.61 Å². The van der Waals surface area contributed by atoms with Gasteiger partial charge in [0.15, 0.2) is 8.32 Å². The fourth-order valence-electron chi connectivity index (χ4n) is 4.08. The van der Waals surface area contributed by atoms with Crippen molar-refractivity contribution in [2.45, 2.75) is 64.7 Å². The number of aromatic nitrogens is 1. The highest BCUT2D eigenvalue weighted by Crippen LogP contribution is 2.40. The summed E-state index contributed by atoms with van der Waals surface area (Å²) in [4.78, 5) is 36.5. The minimum absolute atomic E-state index is 0.102. The lowest BCUT2D eigenvalue weighted by Crippen LogP contribution is -2.39. The van der Waals surface area contributed by atoms with E-state index in [2.05, 4.69) is 0 Å². The number of aryl methyl sites for hydroxylation is 1. The Morgan fingerprint density at radius 3 is 2.56 bits per heavy atom. The summed E-state index contributed by atoms with van der Waals surface area (Å²) in [5.74, 6) is -1.31. The molecule has 3 rings (SSSR count). The van der Waals surface area contributed by atoms with Crippen LogP contribution in [0.25, 0.3) is 10.9 Å². The number of halogens is 3. The Morgan fingerprint density at radius 1 is 1.22 bits per heavy atom. The van der Waals surface area contributed by atoms with Gasteiger partial charge in [-0.25, -0.2) is 9.18 Å². The second-order valence-electron chi connectivity index (χ2n) is 10.2. The van der Waals surface area contributed by atoms with Gasteiger partial charge in [0.25, 0.3) is 0 Å². The number of carbonyl (C=O) groups excluding carboxylic acids is 1. The first-order valence-corrected chi connectivity index (χ1v) is 15.6. The molecule has 2 aromatic carbocycles. The van der Waals surface area contributed by atoms with Gasteiger partial charge in [-0.3, -0.25) is 4.79 Å². The maximum absolute atomic E-state index is 15.5. The second-order valence-corrected chi connectivity index (χ2v) is 15.5. The first kappa shape index (κ1) is 28.4. The summed E-state index contributed by atoms with van der Waals surface area (Å²) in [5.41, 5.74) is 0.637. The monoisotopic (exact) mass is 551 g/mol. The lowest BCUT2D eigenvalue weighted by atomic mass is 10.0. The number of carbonyl (C=O) groups is 1. The van der Waals surface area contributed by atoms with Crippen molar-refractivity contribution in [3.05, 3.63) is 79.3 Å². The molecule has 1 heterocycles. The van der Waals surface area contributed by atoms with Gasteiger partial charge in [-0.05, 0) is 73.6 Å². The zero-order valence-corrected chi connectivity index (χ0v) is 23.8.